The lowest BCUT2D eigenvalue weighted by Crippen LogP contribution is -2.32. The largest absolute Gasteiger partial charge is 0.454 e. The number of nitro benzene ring substituents is 1. The van der Waals surface area contributed by atoms with Gasteiger partial charge in [0.2, 0.25) is 12.7 Å². The van der Waals surface area contributed by atoms with Crippen LogP contribution < -0.4 is 20.5 Å². The van der Waals surface area contributed by atoms with Gasteiger partial charge in [-0.05, 0) is 6.92 Å². The summed E-state index contributed by atoms with van der Waals surface area (Å²) in [6.07, 6.45) is 0. The summed E-state index contributed by atoms with van der Waals surface area (Å²) >= 11 is 0. The van der Waals surface area contributed by atoms with E-state index >= 15 is 0 Å². The number of nitrogens with zero attached hydrogens (tertiary/aromatic N) is 1. The maximum absolute atomic E-state index is 11.5. The molecule has 0 radical (unpaired) electrons. The molecule has 18 heavy (non-hydrogen) atoms. The van der Waals surface area contributed by atoms with E-state index in [9.17, 15) is 14.9 Å². The molecule has 1 heterocycles. The minimum atomic E-state index is -0.768. The number of fused-ring (bicyclic) bond motifs is 1. The summed E-state index contributed by atoms with van der Waals surface area (Å²) in [5, 5.41) is 13.3. The fourth-order valence-corrected chi connectivity index (χ4v) is 1.43. The van der Waals surface area contributed by atoms with E-state index < -0.39 is 16.9 Å². The molecule has 8 nitrogen and oxygen atoms in total. The van der Waals surface area contributed by atoms with E-state index in [0.717, 1.165) is 0 Å². The Kier molecular flexibility index (Phi) is 3.02. The number of rotatable bonds is 3. The lowest BCUT2D eigenvalue weighted by Gasteiger charge is -2.08. The van der Waals surface area contributed by atoms with E-state index in [0.29, 0.717) is 5.75 Å². The Bertz CT molecular complexity index is 514. The van der Waals surface area contributed by atoms with Gasteiger partial charge >= 0.3 is 0 Å². The van der Waals surface area contributed by atoms with E-state index in [-0.39, 0.29) is 23.9 Å². The summed E-state index contributed by atoms with van der Waals surface area (Å²) in [5.74, 6) is 0.109. The van der Waals surface area contributed by atoms with E-state index in [4.69, 9.17) is 15.2 Å². The van der Waals surface area contributed by atoms with Crippen LogP contribution in [0, 0.1) is 10.1 Å². The van der Waals surface area contributed by atoms with E-state index in [1.165, 1.54) is 19.1 Å². The van der Waals surface area contributed by atoms with Gasteiger partial charge in [-0.1, -0.05) is 0 Å². The van der Waals surface area contributed by atoms with Crippen LogP contribution in [0.2, 0.25) is 0 Å². The second-order valence-electron chi connectivity index (χ2n) is 3.76. The lowest BCUT2D eigenvalue weighted by molar-refractivity contribution is -0.384. The Morgan fingerprint density at radius 3 is 2.67 bits per heavy atom. The number of ether oxygens (including phenoxy) is 2. The van der Waals surface area contributed by atoms with Crippen molar-refractivity contribution in [2.75, 3.05) is 12.1 Å². The summed E-state index contributed by atoms with van der Waals surface area (Å²) in [6.45, 7) is 1.48. The zero-order valence-electron chi connectivity index (χ0n) is 9.50. The molecule has 1 amide bonds. The Hall–Kier alpha value is -2.35. The molecule has 1 atom stereocenters. The summed E-state index contributed by atoms with van der Waals surface area (Å²) < 4.78 is 10.1. The molecule has 1 aromatic carbocycles. The molecule has 1 unspecified atom stereocenters. The molecule has 96 valence electrons. The van der Waals surface area contributed by atoms with Crippen molar-refractivity contribution in [3.05, 3.63) is 22.2 Å². The van der Waals surface area contributed by atoms with Crippen LogP contribution in [-0.4, -0.2) is 23.7 Å². The van der Waals surface area contributed by atoms with Gasteiger partial charge in [-0.15, -0.1) is 0 Å². The van der Waals surface area contributed by atoms with Gasteiger partial charge in [0, 0.05) is 6.07 Å². The molecular formula is C10H11N3O5. The molecule has 0 fully saturated rings. The highest BCUT2D eigenvalue weighted by molar-refractivity contribution is 5.96. The molecule has 0 spiro atoms. The third-order valence-corrected chi connectivity index (χ3v) is 2.36. The van der Waals surface area contributed by atoms with Crippen LogP contribution in [0.1, 0.15) is 6.92 Å². The predicted molar refractivity (Wildman–Crippen MR) is 61.5 cm³/mol. The average Bonchev–Trinajstić information content (AvgIpc) is 2.74. The Labute approximate surface area is 102 Å². The van der Waals surface area contributed by atoms with Crippen molar-refractivity contribution in [1.82, 2.24) is 0 Å². The second-order valence-corrected chi connectivity index (χ2v) is 3.76. The van der Waals surface area contributed by atoms with E-state index in [2.05, 4.69) is 5.32 Å². The first kappa shape index (κ1) is 12.1. The average molecular weight is 253 g/mol. The SMILES string of the molecule is CC(N)C(=O)Nc1cc2c(cc1[N+](=O)[O-])OCO2. The number of carbonyl (C=O) groups is 1. The number of nitro groups is 1. The van der Waals surface area contributed by atoms with E-state index in [1.54, 1.807) is 0 Å². The summed E-state index contributed by atoms with van der Waals surface area (Å²) in [6, 6.07) is 1.79. The highest BCUT2D eigenvalue weighted by atomic mass is 16.7. The first-order chi connectivity index (χ1) is 8.49. The van der Waals surface area contributed by atoms with Crippen molar-refractivity contribution in [3.8, 4) is 11.5 Å². The fraction of sp³-hybridized carbons (Fsp3) is 0.300. The van der Waals surface area contributed by atoms with Gasteiger partial charge in [0.05, 0.1) is 17.0 Å². The van der Waals surface area contributed by atoms with Gasteiger partial charge in [-0.2, -0.15) is 0 Å². The van der Waals surface area contributed by atoms with Crippen molar-refractivity contribution in [1.29, 1.82) is 0 Å². The molecule has 0 saturated carbocycles. The number of nitrogens with two attached hydrogens (primary N) is 1. The molecule has 1 aliphatic rings. The molecule has 3 N–H and O–H groups in total. The van der Waals surface area contributed by atoms with Crippen LogP contribution >= 0.6 is 0 Å². The van der Waals surface area contributed by atoms with Gasteiger partial charge in [-0.3, -0.25) is 14.9 Å². The molecule has 8 heteroatoms. The summed E-state index contributed by atoms with van der Waals surface area (Å²) in [7, 11) is 0. The number of anilines is 1. The predicted octanol–water partition coefficient (Wildman–Crippen LogP) is 0.609. The normalized spacial score (nSPS) is 14.1. The molecule has 0 aliphatic carbocycles. The highest BCUT2D eigenvalue weighted by Gasteiger charge is 2.24. The Balaban J connectivity index is 2.38. The molecule has 0 aromatic heterocycles. The molecule has 0 bridgehead atoms. The highest BCUT2D eigenvalue weighted by Crippen LogP contribution is 2.40. The van der Waals surface area contributed by atoms with Crippen molar-refractivity contribution in [2.24, 2.45) is 5.73 Å². The molecule has 1 aromatic rings. The third kappa shape index (κ3) is 2.18. The van der Waals surface area contributed by atoms with Crippen LogP contribution in [0.25, 0.3) is 0 Å². The minimum Gasteiger partial charge on any atom is -0.454 e. The number of amides is 1. The molecular weight excluding hydrogens is 242 g/mol. The van der Waals surface area contributed by atoms with Crippen molar-refractivity contribution in [3.63, 3.8) is 0 Å². The fourth-order valence-electron chi connectivity index (χ4n) is 1.43. The van der Waals surface area contributed by atoms with Gasteiger partial charge in [0.15, 0.2) is 11.5 Å². The monoisotopic (exact) mass is 253 g/mol. The standard InChI is InChI=1S/C10H11N3O5/c1-5(11)10(14)12-6-2-8-9(18-4-17-8)3-7(6)13(15)16/h2-3,5H,4,11H2,1H3,(H,12,14). The number of nitrogens with one attached hydrogen (secondary N) is 1. The van der Waals surface area contributed by atoms with Gasteiger partial charge in [0.1, 0.15) is 5.69 Å². The van der Waals surface area contributed by atoms with Gasteiger partial charge < -0.3 is 20.5 Å². The number of carbonyl (C=O) groups excluding carboxylic acids is 1. The summed E-state index contributed by atoms with van der Waals surface area (Å²) in [4.78, 5) is 21.7. The smallest absolute Gasteiger partial charge is 0.296 e. The van der Waals surface area contributed by atoms with Crippen LogP contribution in [0.15, 0.2) is 12.1 Å². The zero-order valence-corrected chi connectivity index (χ0v) is 9.50. The molecule has 0 saturated heterocycles. The number of hydrogen-bond acceptors (Lipinski definition) is 6. The first-order valence-electron chi connectivity index (χ1n) is 5.13. The topological polar surface area (TPSA) is 117 Å². The maximum atomic E-state index is 11.5. The third-order valence-electron chi connectivity index (χ3n) is 2.36. The molecule has 1 aliphatic heterocycles. The quantitative estimate of drug-likeness (QED) is 0.602. The number of hydrogen-bond donors (Lipinski definition) is 2. The van der Waals surface area contributed by atoms with Crippen LogP contribution in [0.5, 0.6) is 11.5 Å². The van der Waals surface area contributed by atoms with Crippen molar-refractivity contribution in [2.45, 2.75) is 13.0 Å². The number of benzene rings is 1. The van der Waals surface area contributed by atoms with Crippen LogP contribution in [0.3, 0.4) is 0 Å². The second kappa shape index (κ2) is 4.49. The summed E-state index contributed by atoms with van der Waals surface area (Å²) in [5.41, 5.74) is 5.15. The van der Waals surface area contributed by atoms with Gasteiger partial charge in [0.25, 0.3) is 5.69 Å². The molecule has 2 rings (SSSR count). The van der Waals surface area contributed by atoms with Crippen molar-refractivity contribution >= 4 is 17.3 Å². The zero-order chi connectivity index (χ0) is 13.3. The van der Waals surface area contributed by atoms with Crippen molar-refractivity contribution < 1.29 is 19.2 Å². The van der Waals surface area contributed by atoms with E-state index in [1.807, 2.05) is 0 Å². The lowest BCUT2D eigenvalue weighted by atomic mass is 10.2. The van der Waals surface area contributed by atoms with Crippen LogP contribution in [0.4, 0.5) is 11.4 Å². The van der Waals surface area contributed by atoms with Gasteiger partial charge in [-0.25, -0.2) is 0 Å². The first-order valence-corrected chi connectivity index (χ1v) is 5.13. The minimum absolute atomic E-state index is 0.00280. The Morgan fingerprint density at radius 1 is 1.50 bits per heavy atom. The van der Waals surface area contributed by atoms with Crippen LogP contribution in [-0.2, 0) is 4.79 Å². The maximum Gasteiger partial charge on any atom is 0.296 e. The Morgan fingerprint density at radius 2 is 2.11 bits per heavy atom.